The molecule has 2 aromatic carbocycles. The molecule has 2 aromatic heterocycles. The van der Waals surface area contributed by atoms with E-state index in [1.165, 1.54) is 24.5 Å². The van der Waals surface area contributed by atoms with E-state index < -0.39 is 23.4 Å². The smallest absolute Gasteiger partial charge is 0.419 e. The molecule has 4 aromatic rings. The number of carbonyl (C=O) groups is 1. The Labute approximate surface area is 195 Å². The number of Topliss-reactive ketones (excluding diaryl/α,β-unsaturated/α-hetero) is 1. The SMILES string of the molecule is CC(=O)C1CC(Oc2ncc(-c3ccc(-c4nc5cc(F)c(C(F)(F)F)cc5[nH]4)c(F)c3)cn2)C1. The normalized spacial score (nSPS) is 17.9. The van der Waals surface area contributed by atoms with Crippen molar-refractivity contribution in [2.75, 3.05) is 0 Å². The van der Waals surface area contributed by atoms with Crippen LogP contribution in [0.15, 0.2) is 42.7 Å². The minimum atomic E-state index is -4.87. The summed E-state index contributed by atoms with van der Waals surface area (Å²) in [6, 6.07) is 5.63. The highest BCUT2D eigenvalue weighted by atomic mass is 19.4. The molecule has 0 amide bonds. The van der Waals surface area contributed by atoms with Gasteiger partial charge in [-0.3, -0.25) is 4.79 Å². The van der Waals surface area contributed by atoms with Crippen molar-refractivity contribution in [1.82, 2.24) is 19.9 Å². The maximum absolute atomic E-state index is 14.9. The first kappa shape index (κ1) is 22.9. The molecule has 1 aliphatic carbocycles. The largest absolute Gasteiger partial charge is 0.460 e. The van der Waals surface area contributed by atoms with Gasteiger partial charge in [0.1, 0.15) is 29.3 Å². The van der Waals surface area contributed by atoms with Crippen molar-refractivity contribution in [1.29, 1.82) is 0 Å². The van der Waals surface area contributed by atoms with Crippen LogP contribution in [0.3, 0.4) is 0 Å². The van der Waals surface area contributed by atoms with E-state index in [9.17, 15) is 26.7 Å². The van der Waals surface area contributed by atoms with E-state index in [1.807, 2.05) is 0 Å². The highest BCUT2D eigenvalue weighted by Gasteiger charge is 2.35. The van der Waals surface area contributed by atoms with Crippen LogP contribution in [0.2, 0.25) is 0 Å². The van der Waals surface area contributed by atoms with Crippen LogP contribution in [-0.2, 0) is 11.0 Å². The standard InChI is InChI=1S/C24H17F5N4O2/c1-11(34)13-4-15(5-13)35-23-30-9-14(10-31-23)12-2-3-16(18(25)6-12)22-32-20-7-17(24(27,28)29)19(26)8-21(20)33-22/h2-3,6-10,13,15H,4-5H2,1H3,(H,32,33). The first-order valence-electron chi connectivity index (χ1n) is 10.6. The van der Waals surface area contributed by atoms with Gasteiger partial charge in [0.2, 0.25) is 0 Å². The molecule has 6 nitrogen and oxygen atoms in total. The van der Waals surface area contributed by atoms with Crippen molar-refractivity contribution in [2.24, 2.45) is 5.92 Å². The van der Waals surface area contributed by atoms with Gasteiger partial charge in [0.25, 0.3) is 0 Å². The maximum atomic E-state index is 14.9. The van der Waals surface area contributed by atoms with Gasteiger partial charge in [0.15, 0.2) is 0 Å². The van der Waals surface area contributed by atoms with Crippen molar-refractivity contribution in [2.45, 2.75) is 32.0 Å². The minimum absolute atomic E-state index is 0.00444. The van der Waals surface area contributed by atoms with E-state index >= 15 is 0 Å². The van der Waals surface area contributed by atoms with Crippen molar-refractivity contribution < 1.29 is 31.5 Å². The Morgan fingerprint density at radius 1 is 1.03 bits per heavy atom. The molecule has 0 aliphatic heterocycles. The number of hydrogen-bond acceptors (Lipinski definition) is 5. The third-order valence-corrected chi connectivity index (χ3v) is 6.00. The lowest BCUT2D eigenvalue weighted by Crippen LogP contribution is -2.37. The predicted molar refractivity (Wildman–Crippen MR) is 115 cm³/mol. The number of benzene rings is 2. The molecule has 0 atom stereocenters. The number of hydrogen-bond donors (Lipinski definition) is 1. The van der Waals surface area contributed by atoms with Crippen LogP contribution in [0.5, 0.6) is 6.01 Å². The van der Waals surface area contributed by atoms with Gasteiger partial charge >= 0.3 is 12.2 Å². The van der Waals surface area contributed by atoms with E-state index in [2.05, 4.69) is 19.9 Å². The van der Waals surface area contributed by atoms with Gasteiger partial charge in [-0.15, -0.1) is 0 Å². The van der Waals surface area contributed by atoms with Crippen LogP contribution in [0.1, 0.15) is 25.3 Å². The molecule has 35 heavy (non-hydrogen) atoms. The average molecular weight is 488 g/mol. The Balaban J connectivity index is 1.35. The summed E-state index contributed by atoms with van der Waals surface area (Å²) in [5, 5.41) is 0. The Morgan fingerprint density at radius 2 is 1.74 bits per heavy atom. The third kappa shape index (κ3) is 4.45. The lowest BCUT2D eigenvalue weighted by Gasteiger charge is -2.32. The summed E-state index contributed by atoms with van der Waals surface area (Å²) in [5.74, 6) is -2.04. The zero-order valence-corrected chi connectivity index (χ0v) is 18.2. The Morgan fingerprint density at radius 3 is 2.37 bits per heavy atom. The third-order valence-electron chi connectivity index (χ3n) is 6.00. The second kappa shape index (κ2) is 8.40. The molecule has 11 heteroatoms. The monoisotopic (exact) mass is 488 g/mol. The number of nitrogens with zero attached hydrogens (tertiary/aromatic N) is 3. The van der Waals surface area contributed by atoms with E-state index in [0.29, 0.717) is 36.1 Å². The molecule has 1 N–H and O–H groups in total. The second-order valence-electron chi connectivity index (χ2n) is 8.40. The van der Waals surface area contributed by atoms with E-state index in [1.54, 1.807) is 13.0 Å². The van der Waals surface area contributed by atoms with Crippen molar-refractivity contribution in [3.8, 4) is 28.5 Å². The van der Waals surface area contributed by atoms with Gasteiger partial charge in [-0.2, -0.15) is 13.2 Å². The number of halogens is 5. The fourth-order valence-electron chi connectivity index (χ4n) is 3.93. The van der Waals surface area contributed by atoms with Gasteiger partial charge in [0, 0.05) is 29.9 Å². The number of carbonyl (C=O) groups excluding carboxylic acids is 1. The predicted octanol–water partition coefficient (Wildman–Crippen LogP) is 5.73. The van der Waals surface area contributed by atoms with Crippen LogP contribution < -0.4 is 4.74 Å². The second-order valence-corrected chi connectivity index (χ2v) is 8.40. The zero-order valence-electron chi connectivity index (χ0n) is 18.2. The molecule has 180 valence electrons. The van der Waals surface area contributed by atoms with Gasteiger partial charge in [-0.25, -0.2) is 23.7 Å². The average Bonchev–Trinajstić information content (AvgIpc) is 3.17. The summed E-state index contributed by atoms with van der Waals surface area (Å²) in [7, 11) is 0. The Hall–Kier alpha value is -3.89. The molecule has 1 aliphatic rings. The number of alkyl halides is 3. The highest BCUT2D eigenvalue weighted by molar-refractivity contribution is 5.81. The summed E-state index contributed by atoms with van der Waals surface area (Å²) >= 11 is 0. The van der Waals surface area contributed by atoms with Crippen molar-refractivity contribution in [3.05, 3.63) is 59.9 Å². The summed E-state index contributed by atoms with van der Waals surface area (Å²) in [6.45, 7) is 1.55. The molecular weight excluding hydrogens is 471 g/mol. The van der Waals surface area contributed by atoms with Crippen LogP contribution in [-0.4, -0.2) is 31.8 Å². The first-order chi connectivity index (χ1) is 16.6. The van der Waals surface area contributed by atoms with Crippen LogP contribution >= 0.6 is 0 Å². The summed E-state index contributed by atoms with van der Waals surface area (Å²) in [5.41, 5.74) is -0.579. The summed E-state index contributed by atoms with van der Waals surface area (Å²) < 4.78 is 73.3. The lowest BCUT2D eigenvalue weighted by molar-refractivity contribution is -0.139. The van der Waals surface area contributed by atoms with E-state index in [4.69, 9.17) is 4.74 Å². The molecular formula is C24H17F5N4O2. The maximum Gasteiger partial charge on any atom is 0.419 e. The molecule has 5 rings (SSSR count). The summed E-state index contributed by atoms with van der Waals surface area (Å²) in [4.78, 5) is 26.2. The Kier molecular flexibility index (Phi) is 5.49. The molecule has 0 unspecified atom stereocenters. The van der Waals surface area contributed by atoms with Crippen LogP contribution in [0.25, 0.3) is 33.5 Å². The number of aromatic nitrogens is 4. The zero-order chi connectivity index (χ0) is 24.9. The number of ether oxygens (including phenoxy) is 1. The fourth-order valence-corrected chi connectivity index (χ4v) is 3.93. The molecule has 0 radical (unpaired) electrons. The number of H-pyrrole nitrogens is 1. The Bertz CT molecular complexity index is 1430. The molecule has 0 saturated heterocycles. The first-order valence-corrected chi connectivity index (χ1v) is 10.6. The number of rotatable bonds is 5. The van der Waals surface area contributed by atoms with E-state index in [-0.39, 0.29) is 46.2 Å². The molecule has 0 spiro atoms. The van der Waals surface area contributed by atoms with Gasteiger partial charge in [0.05, 0.1) is 22.2 Å². The van der Waals surface area contributed by atoms with Gasteiger partial charge in [-0.1, -0.05) is 6.07 Å². The number of aromatic amines is 1. The van der Waals surface area contributed by atoms with Crippen molar-refractivity contribution >= 4 is 16.8 Å². The fraction of sp³-hybridized carbons (Fsp3) is 0.250. The molecule has 0 bridgehead atoms. The number of fused-ring (bicyclic) bond motifs is 1. The van der Waals surface area contributed by atoms with Gasteiger partial charge < -0.3 is 9.72 Å². The number of nitrogens with one attached hydrogen (secondary N) is 1. The lowest BCUT2D eigenvalue weighted by atomic mass is 9.80. The van der Waals surface area contributed by atoms with Crippen molar-refractivity contribution in [3.63, 3.8) is 0 Å². The quantitative estimate of drug-likeness (QED) is 0.363. The molecule has 2 heterocycles. The van der Waals surface area contributed by atoms with Gasteiger partial charge in [-0.05, 0) is 43.5 Å². The van der Waals surface area contributed by atoms with Crippen LogP contribution in [0, 0.1) is 17.6 Å². The van der Waals surface area contributed by atoms with Crippen LogP contribution in [0.4, 0.5) is 22.0 Å². The number of ketones is 1. The highest BCUT2D eigenvalue weighted by Crippen LogP contribution is 2.35. The summed E-state index contributed by atoms with van der Waals surface area (Å²) in [6.07, 6.45) is -0.788. The molecule has 1 fully saturated rings. The topological polar surface area (TPSA) is 80.8 Å². The minimum Gasteiger partial charge on any atom is -0.460 e. The van der Waals surface area contributed by atoms with E-state index in [0.717, 1.165) is 0 Å². The molecule has 1 saturated carbocycles. The number of imidazole rings is 1.